The normalized spacial score (nSPS) is 33.6. The van der Waals surface area contributed by atoms with Crippen molar-refractivity contribution >= 4 is 5.97 Å². The number of carbonyl (C=O) groups is 1. The van der Waals surface area contributed by atoms with Crippen molar-refractivity contribution in [2.45, 2.75) is 31.5 Å². The molecule has 0 bridgehead atoms. The maximum atomic E-state index is 10.9. The molecule has 0 aliphatic carbocycles. The zero-order valence-corrected chi connectivity index (χ0v) is 9.35. The van der Waals surface area contributed by atoms with Crippen LogP contribution >= 0.6 is 0 Å². The van der Waals surface area contributed by atoms with Crippen LogP contribution in [0.4, 0.5) is 0 Å². The third-order valence-electron chi connectivity index (χ3n) is 2.16. The molecule has 0 spiro atoms. The highest BCUT2D eigenvalue weighted by Gasteiger charge is 2.38. The second kappa shape index (κ2) is 6.55. The van der Waals surface area contributed by atoms with Crippen LogP contribution in [0.25, 0.3) is 0 Å². The summed E-state index contributed by atoms with van der Waals surface area (Å²) in [6, 6.07) is 0. The zero-order chi connectivity index (χ0) is 12.8. The van der Waals surface area contributed by atoms with E-state index in [1.165, 1.54) is 0 Å². The second-order valence-corrected chi connectivity index (χ2v) is 3.44. The lowest BCUT2D eigenvalue weighted by atomic mass is 10.1. The van der Waals surface area contributed by atoms with Crippen molar-refractivity contribution in [3.63, 3.8) is 0 Å². The van der Waals surface area contributed by atoms with Gasteiger partial charge < -0.3 is 29.5 Å². The fraction of sp³-hybridized carbons (Fsp3) is 0.700. The Morgan fingerprint density at radius 2 is 2.12 bits per heavy atom. The van der Waals surface area contributed by atoms with Crippen LogP contribution in [-0.4, -0.2) is 59.1 Å². The summed E-state index contributed by atoms with van der Waals surface area (Å²) >= 11 is 0. The van der Waals surface area contributed by atoms with Crippen molar-refractivity contribution in [3.8, 4) is 0 Å². The molecule has 0 unspecified atom stereocenters. The summed E-state index contributed by atoms with van der Waals surface area (Å²) in [4.78, 5) is 10.9. The predicted octanol–water partition coefficient (Wildman–Crippen LogP) is -1.48. The standard InChI is InChI=1S/C10H16O7/c1-2-15-7(12)3-4-16-10-9(14)8(13)6(11)5-17-10/h3-4,6,8-11,13-14H,2,5H2,1H3/b4-3+/t6-,8+,9-,10-/m1/s1. The first kappa shape index (κ1) is 13.9. The highest BCUT2D eigenvalue weighted by Crippen LogP contribution is 2.16. The van der Waals surface area contributed by atoms with Gasteiger partial charge in [-0.05, 0) is 6.92 Å². The number of hydrogen-bond donors (Lipinski definition) is 3. The minimum atomic E-state index is -1.38. The van der Waals surface area contributed by atoms with Crippen molar-refractivity contribution in [3.05, 3.63) is 12.3 Å². The molecule has 0 amide bonds. The van der Waals surface area contributed by atoms with Gasteiger partial charge in [0.15, 0.2) is 0 Å². The molecule has 1 fully saturated rings. The third-order valence-corrected chi connectivity index (χ3v) is 2.16. The molecule has 98 valence electrons. The van der Waals surface area contributed by atoms with Gasteiger partial charge in [0.05, 0.1) is 25.6 Å². The molecular formula is C10H16O7. The Morgan fingerprint density at radius 1 is 1.41 bits per heavy atom. The summed E-state index contributed by atoms with van der Waals surface area (Å²) in [5, 5.41) is 28.0. The van der Waals surface area contributed by atoms with Gasteiger partial charge in [0.2, 0.25) is 6.29 Å². The highest BCUT2D eigenvalue weighted by molar-refractivity contribution is 5.81. The van der Waals surface area contributed by atoms with Crippen LogP contribution in [0.1, 0.15) is 6.92 Å². The van der Waals surface area contributed by atoms with E-state index in [0.29, 0.717) is 0 Å². The predicted molar refractivity (Wildman–Crippen MR) is 54.6 cm³/mol. The maximum Gasteiger partial charge on any atom is 0.333 e. The van der Waals surface area contributed by atoms with Crippen LogP contribution in [-0.2, 0) is 19.0 Å². The molecule has 0 aromatic carbocycles. The first-order chi connectivity index (χ1) is 8.06. The van der Waals surface area contributed by atoms with E-state index >= 15 is 0 Å². The Balaban J connectivity index is 2.39. The monoisotopic (exact) mass is 248 g/mol. The van der Waals surface area contributed by atoms with Crippen molar-refractivity contribution in [1.29, 1.82) is 0 Å². The van der Waals surface area contributed by atoms with Crippen LogP contribution in [0.15, 0.2) is 12.3 Å². The van der Waals surface area contributed by atoms with E-state index in [9.17, 15) is 15.0 Å². The minimum absolute atomic E-state index is 0.157. The molecule has 1 aliphatic rings. The van der Waals surface area contributed by atoms with Crippen LogP contribution in [0.2, 0.25) is 0 Å². The van der Waals surface area contributed by atoms with E-state index in [1.54, 1.807) is 6.92 Å². The van der Waals surface area contributed by atoms with Crippen LogP contribution in [0.3, 0.4) is 0 Å². The van der Waals surface area contributed by atoms with Gasteiger partial charge in [-0.25, -0.2) is 4.79 Å². The first-order valence-electron chi connectivity index (χ1n) is 5.20. The van der Waals surface area contributed by atoms with Gasteiger partial charge in [-0.2, -0.15) is 0 Å². The molecule has 1 heterocycles. The lowest BCUT2D eigenvalue weighted by Gasteiger charge is -2.34. The van der Waals surface area contributed by atoms with Crippen molar-refractivity contribution in [2.75, 3.05) is 13.2 Å². The van der Waals surface area contributed by atoms with E-state index in [0.717, 1.165) is 12.3 Å². The van der Waals surface area contributed by atoms with Crippen LogP contribution in [0.5, 0.6) is 0 Å². The molecular weight excluding hydrogens is 232 g/mol. The van der Waals surface area contributed by atoms with E-state index < -0.39 is 30.6 Å². The van der Waals surface area contributed by atoms with E-state index in [-0.39, 0.29) is 13.2 Å². The Bertz CT molecular complexity index is 278. The lowest BCUT2D eigenvalue weighted by Crippen LogP contribution is -2.53. The van der Waals surface area contributed by atoms with Crippen molar-refractivity contribution in [1.82, 2.24) is 0 Å². The van der Waals surface area contributed by atoms with Gasteiger partial charge in [-0.1, -0.05) is 0 Å². The largest absolute Gasteiger partial charge is 0.469 e. The molecule has 7 nitrogen and oxygen atoms in total. The number of ether oxygens (including phenoxy) is 3. The summed E-state index contributed by atoms with van der Waals surface area (Å²) in [5.41, 5.74) is 0. The van der Waals surface area contributed by atoms with Gasteiger partial charge in [-0.15, -0.1) is 0 Å². The van der Waals surface area contributed by atoms with Crippen LogP contribution < -0.4 is 0 Å². The average Bonchev–Trinajstić information content (AvgIpc) is 2.29. The Morgan fingerprint density at radius 3 is 2.76 bits per heavy atom. The number of carbonyl (C=O) groups excluding carboxylic acids is 1. The van der Waals surface area contributed by atoms with E-state index in [2.05, 4.69) is 4.74 Å². The summed E-state index contributed by atoms with van der Waals surface area (Å²) < 4.78 is 14.4. The molecule has 1 saturated heterocycles. The smallest absolute Gasteiger partial charge is 0.333 e. The molecule has 0 radical (unpaired) electrons. The Kier molecular flexibility index (Phi) is 5.36. The van der Waals surface area contributed by atoms with E-state index in [4.69, 9.17) is 14.6 Å². The highest BCUT2D eigenvalue weighted by atomic mass is 16.7. The Hall–Kier alpha value is -1.15. The van der Waals surface area contributed by atoms with Gasteiger partial charge >= 0.3 is 5.97 Å². The molecule has 4 atom stereocenters. The van der Waals surface area contributed by atoms with Gasteiger partial charge in [-0.3, -0.25) is 0 Å². The quantitative estimate of drug-likeness (QED) is 0.316. The zero-order valence-electron chi connectivity index (χ0n) is 9.35. The van der Waals surface area contributed by atoms with E-state index in [1.807, 2.05) is 0 Å². The SMILES string of the molecule is CCOC(=O)/C=C/O[C@@H]1OC[C@@H](O)[C@H](O)[C@H]1O. The number of esters is 1. The first-order valence-corrected chi connectivity index (χ1v) is 5.20. The average molecular weight is 248 g/mol. The van der Waals surface area contributed by atoms with Crippen LogP contribution in [0, 0.1) is 0 Å². The number of aliphatic hydroxyl groups excluding tert-OH is 3. The van der Waals surface area contributed by atoms with Gasteiger partial charge in [0.25, 0.3) is 0 Å². The fourth-order valence-corrected chi connectivity index (χ4v) is 1.26. The van der Waals surface area contributed by atoms with Crippen molar-refractivity contribution in [2.24, 2.45) is 0 Å². The second-order valence-electron chi connectivity index (χ2n) is 3.44. The lowest BCUT2D eigenvalue weighted by molar-refractivity contribution is -0.254. The third kappa shape index (κ3) is 3.97. The summed E-state index contributed by atoms with van der Waals surface area (Å²) in [5.74, 6) is -0.585. The molecule has 3 N–H and O–H groups in total. The molecule has 1 rings (SSSR count). The number of rotatable bonds is 4. The number of aliphatic hydroxyl groups is 3. The number of hydrogen-bond acceptors (Lipinski definition) is 7. The summed E-state index contributed by atoms with van der Waals surface area (Å²) in [6.45, 7) is 1.76. The summed E-state index contributed by atoms with van der Waals surface area (Å²) in [6.07, 6.45) is -2.97. The molecule has 0 aromatic heterocycles. The maximum absolute atomic E-state index is 10.9. The molecule has 17 heavy (non-hydrogen) atoms. The van der Waals surface area contributed by atoms with Crippen molar-refractivity contribution < 1.29 is 34.3 Å². The van der Waals surface area contributed by atoms with Gasteiger partial charge in [0, 0.05) is 0 Å². The molecule has 0 aromatic rings. The molecule has 7 heteroatoms. The van der Waals surface area contributed by atoms with Gasteiger partial charge in [0.1, 0.15) is 18.3 Å². The minimum Gasteiger partial charge on any atom is -0.469 e. The Labute approximate surface area is 98.2 Å². The summed E-state index contributed by atoms with van der Waals surface area (Å²) in [7, 11) is 0. The topological polar surface area (TPSA) is 105 Å². The fourth-order valence-electron chi connectivity index (χ4n) is 1.26. The molecule has 1 aliphatic heterocycles. The molecule has 0 saturated carbocycles.